The standard InChI is InChI=1S/C21H29N2O2/c1-3-16-13-23(10-7-17(16)8-11-23)21-6-9-22-20-5-4-18(12-19(20)21)25-15(2)14-24/h4-6,9,12,15-17,24H,3,7-8,10-11,13-14H2,1-2H3/q+1. The lowest BCUT2D eigenvalue weighted by molar-refractivity contribution is 0.0541. The van der Waals surface area contributed by atoms with E-state index in [9.17, 15) is 5.11 Å². The van der Waals surface area contributed by atoms with E-state index in [0.29, 0.717) is 0 Å². The van der Waals surface area contributed by atoms with Crippen molar-refractivity contribution in [2.24, 2.45) is 11.8 Å². The van der Waals surface area contributed by atoms with Crippen molar-refractivity contribution >= 4 is 16.6 Å². The quantitative estimate of drug-likeness (QED) is 0.842. The molecule has 134 valence electrons. The van der Waals surface area contributed by atoms with E-state index in [1.54, 1.807) is 0 Å². The number of aliphatic hydroxyl groups is 1. The van der Waals surface area contributed by atoms with Crippen molar-refractivity contribution in [3.05, 3.63) is 30.5 Å². The molecule has 1 aromatic heterocycles. The van der Waals surface area contributed by atoms with Crippen LogP contribution >= 0.6 is 0 Å². The third kappa shape index (κ3) is 2.91. The van der Waals surface area contributed by atoms with E-state index < -0.39 is 0 Å². The summed E-state index contributed by atoms with van der Waals surface area (Å²) in [6.07, 6.45) is 5.75. The van der Waals surface area contributed by atoms with Gasteiger partial charge in [-0.05, 0) is 37.5 Å². The number of pyridine rings is 1. The molecule has 3 aliphatic heterocycles. The Morgan fingerprint density at radius 1 is 1.28 bits per heavy atom. The van der Waals surface area contributed by atoms with Gasteiger partial charge in [0.05, 0.1) is 37.1 Å². The number of benzene rings is 1. The van der Waals surface area contributed by atoms with Gasteiger partial charge in [-0.15, -0.1) is 0 Å². The van der Waals surface area contributed by atoms with E-state index >= 15 is 0 Å². The third-order valence-corrected chi connectivity index (χ3v) is 6.43. The maximum absolute atomic E-state index is 9.27. The smallest absolute Gasteiger partial charge is 0.144 e. The van der Waals surface area contributed by atoms with Gasteiger partial charge in [-0.3, -0.25) is 9.47 Å². The molecule has 0 aliphatic carbocycles. The van der Waals surface area contributed by atoms with Crippen molar-refractivity contribution in [3.8, 4) is 5.75 Å². The van der Waals surface area contributed by atoms with Crippen LogP contribution in [-0.2, 0) is 0 Å². The number of ether oxygens (including phenoxy) is 1. The maximum Gasteiger partial charge on any atom is 0.144 e. The van der Waals surface area contributed by atoms with Crippen LogP contribution in [0.3, 0.4) is 0 Å². The van der Waals surface area contributed by atoms with Crippen molar-refractivity contribution < 1.29 is 9.84 Å². The normalized spacial score (nSPS) is 29.7. The summed E-state index contributed by atoms with van der Waals surface area (Å²) < 4.78 is 6.95. The van der Waals surface area contributed by atoms with Crippen LogP contribution in [0.15, 0.2) is 30.5 Å². The molecule has 2 bridgehead atoms. The van der Waals surface area contributed by atoms with E-state index in [1.165, 1.54) is 50.0 Å². The molecule has 4 heteroatoms. The van der Waals surface area contributed by atoms with Gasteiger partial charge in [0, 0.05) is 31.0 Å². The van der Waals surface area contributed by atoms with Crippen LogP contribution < -0.4 is 9.22 Å². The summed E-state index contributed by atoms with van der Waals surface area (Å²) in [6, 6.07) is 8.35. The average Bonchev–Trinajstić information content (AvgIpc) is 2.68. The Bertz CT molecular complexity index is 753. The number of nitrogens with zero attached hydrogens (tertiary/aromatic N) is 2. The fourth-order valence-electron chi connectivity index (χ4n) is 5.00. The minimum Gasteiger partial charge on any atom is -0.488 e. The van der Waals surface area contributed by atoms with Gasteiger partial charge < -0.3 is 9.84 Å². The van der Waals surface area contributed by atoms with Crippen LogP contribution in [0.4, 0.5) is 5.69 Å². The number of aliphatic hydroxyl groups excluding tert-OH is 1. The molecule has 2 aromatic rings. The SMILES string of the molecule is CCC1C[N+]2(c3ccnc4ccc(OC(C)CO)cc34)CCC1CC2. The van der Waals surface area contributed by atoms with E-state index in [1.807, 2.05) is 25.3 Å². The molecule has 1 N–H and O–H groups in total. The molecule has 2 atom stereocenters. The lowest BCUT2D eigenvalue weighted by Gasteiger charge is -2.52. The van der Waals surface area contributed by atoms with Gasteiger partial charge in [-0.25, -0.2) is 0 Å². The zero-order valence-electron chi connectivity index (χ0n) is 15.3. The first-order valence-electron chi connectivity index (χ1n) is 9.68. The van der Waals surface area contributed by atoms with E-state index in [-0.39, 0.29) is 12.7 Å². The molecule has 0 saturated carbocycles. The van der Waals surface area contributed by atoms with Crippen molar-refractivity contribution in [1.29, 1.82) is 0 Å². The van der Waals surface area contributed by atoms with E-state index in [0.717, 1.165) is 27.6 Å². The monoisotopic (exact) mass is 341 g/mol. The van der Waals surface area contributed by atoms with Gasteiger partial charge in [0.15, 0.2) is 0 Å². The number of rotatable bonds is 5. The molecule has 2 unspecified atom stereocenters. The minimum absolute atomic E-state index is 0.0253. The molecular weight excluding hydrogens is 312 g/mol. The maximum atomic E-state index is 9.27. The molecule has 3 fully saturated rings. The third-order valence-electron chi connectivity index (χ3n) is 6.43. The summed E-state index contributed by atoms with van der Waals surface area (Å²) in [6.45, 7) is 8.01. The second-order valence-corrected chi connectivity index (χ2v) is 7.90. The molecule has 5 rings (SSSR count). The Balaban J connectivity index is 1.77. The summed E-state index contributed by atoms with van der Waals surface area (Å²) in [5.74, 6) is 2.60. The van der Waals surface area contributed by atoms with Crippen LogP contribution in [-0.4, -0.2) is 42.4 Å². The molecular formula is C21H29N2O2+. The number of hydrogen-bond donors (Lipinski definition) is 1. The summed E-state index contributed by atoms with van der Waals surface area (Å²) >= 11 is 0. The van der Waals surface area contributed by atoms with Crippen molar-refractivity contribution in [2.75, 3.05) is 26.2 Å². The Morgan fingerprint density at radius 3 is 2.80 bits per heavy atom. The summed E-state index contributed by atoms with van der Waals surface area (Å²) in [4.78, 5) is 4.58. The highest BCUT2D eigenvalue weighted by Gasteiger charge is 2.47. The highest BCUT2D eigenvalue weighted by Crippen LogP contribution is 2.44. The molecule has 0 amide bonds. The van der Waals surface area contributed by atoms with Gasteiger partial charge in [0.2, 0.25) is 0 Å². The summed E-state index contributed by atoms with van der Waals surface area (Å²) in [5.41, 5.74) is 2.44. The molecule has 4 heterocycles. The number of hydrogen-bond acceptors (Lipinski definition) is 3. The van der Waals surface area contributed by atoms with Crippen LogP contribution in [0, 0.1) is 11.8 Å². The Labute approximate surface area is 150 Å². The number of fused-ring (bicyclic) bond motifs is 4. The van der Waals surface area contributed by atoms with E-state index in [4.69, 9.17) is 4.74 Å². The van der Waals surface area contributed by atoms with Crippen LogP contribution in [0.1, 0.15) is 33.1 Å². The molecule has 3 saturated heterocycles. The van der Waals surface area contributed by atoms with Crippen LogP contribution in [0.25, 0.3) is 10.9 Å². The minimum atomic E-state index is -0.195. The predicted molar refractivity (Wildman–Crippen MR) is 102 cm³/mol. The van der Waals surface area contributed by atoms with Crippen LogP contribution in [0.5, 0.6) is 5.75 Å². The van der Waals surface area contributed by atoms with Gasteiger partial charge >= 0.3 is 0 Å². The molecule has 3 aliphatic rings. The van der Waals surface area contributed by atoms with Gasteiger partial charge in [-0.1, -0.05) is 6.92 Å². The second kappa shape index (κ2) is 6.58. The lowest BCUT2D eigenvalue weighted by Crippen LogP contribution is -2.63. The fraction of sp³-hybridized carbons (Fsp3) is 0.571. The lowest BCUT2D eigenvalue weighted by atomic mass is 9.75. The molecule has 4 nitrogen and oxygen atoms in total. The summed E-state index contributed by atoms with van der Waals surface area (Å²) in [5, 5.41) is 10.5. The highest BCUT2D eigenvalue weighted by molar-refractivity contribution is 5.91. The fourth-order valence-corrected chi connectivity index (χ4v) is 5.00. The van der Waals surface area contributed by atoms with Gasteiger partial charge in [-0.2, -0.15) is 0 Å². The molecule has 0 spiro atoms. The second-order valence-electron chi connectivity index (χ2n) is 7.90. The highest BCUT2D eigenvalue weighted by atomic mass is 16.5. The van der Waals surface area contributed by atoms with Crippen molar-refractivity contribution in [3.63, 3.8) is 0 Å². The predicted octanol–water partition coefficient (Wildman–Crippen LogP) is 3.75. The zero-order valence-corrected chi connectivity index (χ0v) is 15.3. The largest absolute Gasteiger partial charge is 0.488 e. The first-order chi connectivity index (χ1) is 12.1. The summed E-state index contributed by atoms with van der Waals surface area (Å²) in [7, 11) is 0. The van der Waals surface area contributed by atoms with Gasteiger partial charge in [0.25, 0.3) is 0 Å². The Hall–Kier alpha value is -1.65. The molecule has 0 radical (unpaired) electrons. The first kappa shape index (κ1) is 16.8. The average molecular weight is 341 g/mol. The van der Waals surface area contributed by atoms with Crippen molar-refractivity contribution in [1.82, 2.24) is 9.47 Å². The topological polar surface area (TPSA) is 42.4 Å². The van der Waals surface area contributed by atoms with Gasteiger partial charge in [0.1, 0.15) is 17.5 Å². The van der Waals surface area contributed by atoms with Crippen LogP contribution in [0.2, 0.25) is 0 Å². The van der Waals surface area contributed by atoms with Crippen molar-refractivity contribution in [2.45, 2.75) is 39.2 Å². The van der Waals surface area contributed by atoms with E-state index in [2.05, 4.69) is 24.0 Å². The number of piperidine rings is 3. The molecule has 1 aromatic carbocycles. The number of aromatic nitrogens is 1. The number of quaternary nitrogens is 1. The Morgan fingerprint density at radius 2 is 2.08 bits per heavy atom. The first-order valence-corrected chi connectivity index (χ1v) is 9.68. The zero-order chi connectivity index (χ0) is 17.4. The Kier molecular flexibility index (Phi) is 4.42. The molecule has 25 heavy (non-hydrogen) atoms.